The molecule has 7 unspecified atom stereocenters. The van der Waals surface area contributed by atoms with Crippen LogP contribution in [0.25, 0.3) is 0 Å². The van der Waals surface area contributed by atoms with E-state index < -0.39 is 10.8 Å². The molecule has 186 valence electrons. The van der Waals surface area contributed by atoms with Gasteiger partial charge in [0, 0.05) is 29.6 Å². The summed E-state index contributed by atoms with van der Waals surface area (Å²) in [5.74, 6) is 0.595. The maximum Gasteiger partial charge on any atom is 0.160 e. The van der Waals surface area contributed by atoms with Crippen LogP contribution in [0.2, 0.25) is 0 Å². The van der Waals surface area contributed by atoms with E-state index in [4.69, 9.17) is 0 Å². The zero-order valence-electron chi connectivity index (χ0n) is 22.1. The number of carbonyl (C=O) groups is 4. The van der Waals surface area contributed by atoms with Gasteiger partial charge in [0.2, 0.25) is 0 Å². The molecule has 0 bridgehead atoms. The monoisotopic (exact) mass is 466 g/mol. The summed E-state index contributed by atoms with van der Waals surface area (Å²) in [6.45, 7) is 14.5. The van der Waals surface area contributed by atoms with E-state index in [1.165, 1.54) is 0 Å². The number of carbonyl (C=O) groups excluding carboxylic acids is 4. The minimum atomic E-state index is -0.719. The van der Waals surface area contributed by atoms with Crippen LogP contribution in [0.5, 0.6) is 0 Å². The molecule has 3 saturated carbocycles. The van der Waals surface area contributed by atoms with Crippen molar-refractivity contribution >= 4 is 23.6 Å². The van der Waals surface area contributed by atoms with E-state index in [2.05, 4.69) is 20.8 Å². The first kappa shape index (κ1) is 25.3. The number of Topliss-reactive ketones (excluding diaryl/α,β-unsaturated/α-hetero) is 1. The van der Waals surface area contributed by atoms with Crippen LogP contribution < -0.4 is 0 Å². The molecular weight excluding hydrogens is 424 g/mol. The molecule has 0 aromatic carbocycles. The van der Waals surface area contributed by atoms with Crippen molar-refractivity contribution < 1.29 is 19.2 Å². The number of rotatable bonds is 5. The molecule has 4 nitrogen and oxygen atoms in total. The van der Waals surface area contributed by atoms with E-state index in [1.54, 1.807) is 12.2 Å². The number of hydrogen-bond acceptors (Lipinski definition) is 4. The van der Waals surface area contributed by atoms with Gasteiger partial charge in [-0.3, -0.25) is 14.4 Å². The Morgan fingerprint density at radius 2 is 1.74 bits per heavy atom. The van der Waals surface area contributed by atoms with Gasteiger partial charge in [-0.1, -0.05) is 26.3 Å². The molecule has 7 atom stereocenters. The fourth-order valence-electron chi connectivity index (χ4n) is 8.97. The summed E-state index contributed by atoms with van der Waals surface area (Å²) in [5, 5.41) is 0. The Labute approximate surface area is 205 Å². The summed E-state index contributed by atoms with van der Waals surface area (Å²) < 4.78 is 0. The third-order valence-electron chi connectivity index (χ3n) is 10.9. The first-order valence-electron chi connectivity index (χ1n) is 13.2. The third-order valence-corrected chi connectivity index (χ3v) is 10.9. The Morgan fingerprint density at radius 1 is 1.06 bits per heavy atom. The van der Waals surface area contributed by atoms with Crippen LogP contribution >= 0.6 is 0 Å². The second kappa shape index (κ2) is 8.10. The standard InChI is InChI=1S/C30H42O4/c1-18(2)14-20(32)15-19(3)21-10-11-29(7)26-24(33)16-23-22(8-9-25(34)27(23,4)5)30(26,17-31)13-12-28(21,29)6/h14,16-17,19,21-22,26H,8-13,15H2,1-7H3. The fraction of sp³-hybridized carbons (Fsp3) is 0.733. The van der Waals surface area contributed by atoms with E-state index in [1.807, 2.05) is 27.7 Å². The Balaban J connectivity index is 1.74. The minimum absolute atomic E-state index is 0.0301. The highest BCUT2D eigenvalue weighted by molar-refractivity contribution is 6.01. The lowest BCUT2D eigenvalue weighted by molar-refractivity contribution is -0.169. The van der Waals surface area contributed by atoms with Crippen molar-refractivity contribution in [1.29, 1.82) is 0 Å². The lowest BCUT2D eigenvalue weighted by atomic mass is 9.38. The SMILES string of the molecule is CC(C)=CC(=O)CC(C)C1CCC2(C)C3C(=O)C=C4C(CCC(=O)C4(C)C)C3(C=O)CCC12C. The molecule has 3 fully saturated rings. The van der Waals surface area contributed by atoms with Crippen molar-refractivity contribution in [1.82, 2.24) is 0 Å². The number of aldehydes is 1. The topological polar surface area (TPSA) is 68.3 Å². The summed E-state index contributed by atoms with van der Waals surface area (Å²) in [6, 6.07) is 0. The van der Waals surface area contributed by atoms with Gasteiger partial charge in [0.1, 0.15) is 12.1 Å². The van der Waals surface area contributed by atoms with E-state index in [9.17, 15) is 19.2 Å². The normalized spacial score (nSPS) is 41.5. The second-order valence-electron chi connectivity index (χ2n) is 13.2. The molecule has 34 heavy (non-hydrogen) atoms. The maximum absolute atomic E-state index is 13.9. The Kier molecular flexibility index (Phi) is 6.02. The van der Waals surface area contributed by atoms with Gasteiger partial charge in [0.15, 0.2) is 11.6 Å². The van der Waals surface area contributed by atoms with Crippen LogP contribution in [-0.4, -0.2) is 23.6 Å². The van der Waals surface area contributed by atoms with E-state index in [0.29, 0.717) is 31.6 Å². The molecule has 4 rings (SSSR count). The largest absolute Gasteiger partial charge is 0.303 e. The van der Waals surface area contributed by atoms with Crippen molar-refractivity contribution in [3.05, 3.63) is 23.3 Å². The summed E-state index contributed by atoms with van der Waals surface area (Å²) in [6.07, 6.45) is 9.76. The molecule has 0 aromatic rings. The summed E-state index contributed by atoms with van der Waals surface area (Å²) in [4.78, 5) is 52.2. The molecule has 0 amide bonds. The highest BCUT2D eigenvalue weighted by atomic mass is 16.1. The third kappa shape index (κ3) is 3.30. The van der Waals surface area contributed by atoms with Gasteiger partial charge in [-0.25, -0.2) is 0 Å². The average Bonchev–Trinajstić information content (AvgIpc) is 3.01. The molecule has 4 aliphatic rings. The zero-order chi connectivity index (χ0) is 25.3. The Bertz CT molecular complexity index is 995. The van der Waals surface area contributed by atoms with Crippen molar-refractivity contribution in [2.75, 3.05) is 0 Å². The summed E-state index contributed by atoms with van der Waals surface area (Å²) >= 11 is 0. The highest BCUT2D eigenvalue weighted by Crippen LogP contribution is 2.73. The van der Waals surface area contributed by atoms with Gasteiger partial charge < -0.3 is 4.79 Å². The lowest BCUT2D eigenvalue weighted by Gasteiger charge is -2.63. The van der Waals surface area contributed by atoms with E-state index in [0.717, 1.165) is 36.7 Å². The first-order valence-corrected chi connectivity index (χ1v) is 13.2. The Morgan fingerprint density at radius 3 is 2.35 bits per heavy atom. The average molecular weight is 467 g/mol. The highest BCUT2D eigenvalue weighted by Gasteiger charge is 2.71. The predicted molar refractivity (Wildman–Crippen MR) is 133 cm³/mol. The lowest BCUT2D eigenvalue weighted by Crippen LogP contribution is -2.63. The number of ketones is 3. The van der Waals surface area contributed by atoms with Gasteiger partial charge in [-0.05, 0) is 106 Å². The van der Waals surface area contributed by atoms with Crippen molar-refractivity contribution in [3.8, 4) is 0 Å². The number of allylic oxidation sites excluding steroid dienone is 4. The van der Waals surface area contributed by atoms with Crippen molar-refractivity contribution in [2.45, 2.75) is 93.4 Å². The molecule has 0 saturated heterocycles. The summed E-state index contributed by atoms with van der Waals surface area (Å²) in [5.41, 5.74) is 0.116. The second-order valence-corrected chi connectivity index (χ2v) is 13.2. The fourth-order valence-corrected chi connectivity index (χ4v) is 8.97. The maximum atomic E-state index is 13.9. The van der Waals surface area contributed by atoms with Gasteiger partial charge in [0.25, 0.3) is 0 Å². The molecular formula is C30H42O4. The number of fused-ring (bicyclic) bond motifs is 5. The molecule has 0 radical (unpaired) electrons. The van der Waals surface area contributed by atoms with Crippen molar-refractivity contribution in [2.24, 2.45) is 45.3 Å². The van der Waals surface area contributed by atoms with Gasteiger partial charge >= 0.3 is 0 Å². The number of hydrogen-bond donors (Lipinski definition) is 0. The molecule has 4 heteroatoms. The first-order chi connectivity index (χ1) is 15.7. The molecule has 0 aromatic heterocycles. The van der Waals surface area contributed by atoms with E-state index >= 15 is 0 Å². The molecule has 4 aliphatic carbocycles. The Hall–Kier alpha value is -1.84. The summed E-state index contributed by atoms with van der Waals surface area (Å²) in [7, 11) is 0. The van der Waals surface area contributed by atoms with Crippen LogP contribution in [0, 0.1) is 45.3 Å². The van der Waals surface area contributed by atoms with Crippen LogP contribution in [0.3, 0.4) is 0 Å². The van der Waals surface area contributed by atoms with Gasteiger partial charge in [-0.2, -0.15) is 0 Å². The van der Waals surface area contributed by atoms with Crippen LogP contribution in [0.15, 0.2) is 23.3 Å². The molecule has 0 spiro atoms. The van der Waals surface area contributed by atoms with Crippen molar-refractivity contribution in [3.63, 3.8) is 0 Å². The van der Waals surface area contributed by atoms with Crippen LogP contribution in [0.1, 0.15) is 93.4 Å². The van der Waals surface area contributed by atoms with Gasteiger partial charge in [-0.15, -0.1) is 0 Å². The van der Waals surface area contributed by atoms with Crippen LogP contribution in [0.4, 0.5) is 0 Å². The molecule has 0 heterocycles. The smallest absolute Gasteiger partial charge is 0.160 e. The molecule has 0 aliphatic heterocycles. The zero-order valence-corrected chi connectivity index (χ0v) is 22.1. The predicted octanol–water partition coefficient (Wildman–Crippen LogP) is 6.08. The van der Waals surface area contributed by atoms with Gasteiger partial charge in [0.05, 0.1) is 0 Å². The van der Waals surface area contributed by atoms with E-state index in [-0.39, 0.29) is 45.9 Å². The van der Waals surface area contributed by atoms with Crippen LogP contribution in [-0.2, 0) is 19.2 Å². The molecule has 0 N–H and O–H groups in total. The quantitative estimate of drug-likeness (QED) is 0.364. The minimum Gasteiger partial charge on any atom is -0.303 e.